The van der Waals surface area contributed by atoms with Crippen LogP contribution in [0.2, 0.25) is 0 Å². The number of hydrogen-bond acceptors (Lipinski definition) is 7. The molecule has 0 aliphatic carbocycles. The van der Waals surface area contributed by atoms with Crippen molar-refractivity contribution in [3.8, 4) is 22.8 Å². The molecule has 1 fully saturated rings. The van der Waals surface area contributed by atoms with Crippen molar-refractivity contribution in [3.05, 3.63) is 123 Å². The van der Waals surface area contributed by atoms with Gasteiger partial charge in [0, 0.05) is 13.2 Å². The van der Waals surface area contributed by atoms with Gasteiger partial charge in [0.05, 0.1) is 48.6 Å². The summed E-state index contributed by atoms with van der Waals surface area (Å²) >= 11 is 0. The van der Waals surface area contributed by atoms with Crippen LogP contribution in [0.25, 0.3) is 27.0 Å². The summed E-state index contributed by atoms with van der Waals surface area (Å²) in [5.41, 5.74) is -1.31. The lowest BCUT2D eigenvalue weighted by Crippen LogP contribution is -2.12. The lowest BCUT2D eigenvalue weighted by Gasteiger charge is -2.08. The number of fused-ring (bicyclic) bond motifs is 1. The SMILES string of the molecule is C.C.C1CCOC1.COc1ccc(-c2cc3nc(C(F)(F)F)ccc3c(=O)[nH]2)cc1.Cc1nc(C(F)(F)F)ccc1C(=O)O.[C-]#[N+]c1ccc(OC)cc1. The number of rotatable bonds is 4. The molecule has 0 atom stereocenters. The van der Waals surface area contributed by atoms with Gasteiger partial charge in [-0.1, -0.05) is 27.0 Å². The van der Waals surface area contributed by atoms with E-state index in [4.69, 9.17) is 25.9 Å². The lowest BCUT2D eigenvalue weighted by molar-refractivity contribution is -0.141. The number of H-pyrrole nitrogens is 1. The fourth-order valence-corrected chi connectivity index (χ4v) is 4.34. The molecule has 1 saturated heterocycles. The summed E-state index contributed by atoms with van der Waals surface area (Å²) in [5, 5.41) is 8.64. The molecule has 0 radical (unpaired) electrons. The van der Waals surface area contributed by atoms with Gasteiger partial charge in [0.15, 0.2) is 5.69 Å². The van der Waals surface area contributed by atoms with Crippen LogP contribution in [0.15, 0.2) is 83.7 Å². The highest BCUT2D eigenvalue weighted by atomic mass is 19.4. The van der Waals surface area contributed by atoms with Crippen molar-refractivity contribution >= 4 is 22.6 Å². The molecule has 10 nitrogen and oxygen atoms in total. The molecule has 3 aromatic heterocycles. The highest BCUT2D eigenvalue weighted by Gasteiger charge is 2.33. The van der Waals surface area contributed by atoms with Gasteiger partial charge < -0.3 is 24.3 Å². The van der Waals surface area contributed by atoms with Crippen LogP contribution in [0, 0.1) is 13.5 Å². The van der Waals surface area contributed by atoms with Gasteiger partial charge in [-0.15, -0.1) is 0 Å². The highest BCUT2D eigenvalue weighted by molar-refractivity contribution is 5.88. The number of benzene rings is 2. The Morgan fingerprint density at radius 1 is 0.815 bits per heavy atom. The van der Waals surface area contributed by atoms with E-state index in [0.717, 1.165) is 37.2 Å². The number of nitrogens with zero attached hydrogens (tertiary/aromatic N) is 3. The maximum absolute atomic E-state index is 12.8. The average molecular weight is 763 g/mol. The number of aromatic carboxylic acids is 1. The summed E-state index contributed by atoms with van der Waals surface area (Å²) in [6.45, 7) is 9.88. The second kappa shape index (κ2) is 20.9. The number of aryl methyl sites for hydroxylation is 1. The van der Waals surface area contributed by atoms with Crippen molar-refractivity contribution in [3.63, 3.8) is 0 Å². The first-order chi connectivity index (χ1) is 24.6. The third-order valence-electron chi connectivity index (χ3n) is 7.03. The summed E-state index contributed by atoms with van der Waals surface area (Å²) in [6, 6.07) is 18.7. The summed E-state index contributed by atoms with van der Waals surface area (Å²) in [6.07, 6.45) is -6.54. The Hall–Kier alpha value is -5.95. The second-order valence-corrected chi connectivity index (χ2v) is 10.6. The highest BCUT2D eigenvalue weighted by Crippen LogP contribution is 2.30. The van der Waals surface area contributed by atoms with Gasteiger partial charge in [0.2, 0.25) is 0 Å². The molecular weight excluding hydrogens is 722 g/mol. The zero-order chi connectivity index (χ0) is 38.5. The first kappa shape index (κ1) is 46.1. The Balaban J connectivity index is 0.000000401. The van der Waals surface area contributed by atoms with Gasteiger partial charge in [-0.05, 0) is 92.1 Å². The average Bonchev–Trinajstić information content (AvgIpc) is 3.72. The number of carboxylic acids is 1. The predicted octanol–water partition coefficient (Wildman–Crippen LogP) is 10.0. The van der Waals surface area contributed by atoms with E-state index in [0.29, 0.717) is 28.8 Å². The topological polar surface area (TPSA) is 128 Å². The molecule has 2 N–H and O–H groups in total. The van der Waals surface area contributed by atoms with Gasteiger partial charge in [0.1, 0.15) is 22.9 Å². The molecule has 54 heavy (non-hydrogen) atoms. The normalized spacial score (nSPS) is 11.7. The van der Waals surface area contributed by atoms with Crippen LogP contribution in [0.5, 0.6) is 11.5 Å². The number of hydrogen-bond donors (Lipinski definition) is 2. The van der Waals surface area contributed by atoms with Gasteiger partial charge in [0.25, 0.3) is 5.56 Å². The predicted molar refractivity (Wildman–Crippen MR) is 193 cm³/mol. The number of carbonyl (C=O) groups is 1. The van der Waals surface area contributed by atoms with Crippen LogP contribution in [-0.4, -0.2) is 53.5 Å². The van der Waals surface area contributed by atoms with E-state index in [9.17, 15) is 35.9 Å². The fraction of sp³-hybridized carbons (Fsp3) is 0.289. The number of alkyl halides is 6. The quantitative estimate of drug-likeness (QED) is 0.137. The number of methoxy groups -OCH3 is 2. The molecule has 16 heteroatoms. The van der Waals surface area contributed by atoms with Crippen LogP contribution in [0.1, 0.15) is 55.1 Å². The monoisotopic (exact) mass is 762 g/mol. The number of pyridine rings is 3. The Labute approximate surface area is 308 Å². The third-order valence-corrected chi connectivity index (χ3v) is 7.03. The van der Waals surface area contributed by atoms with Crippen LogP contribution >= 0.6 is 0 Å². The van der Waals surface area contributed by atoms with Crippen molar-refractivity contribution in [1.82, 2.24) is 15.0 Å². The van der Waals surface area contributed by atoms with Crippen molar-refractivity contribution in [2.75, 3.05) is 27.4 Å². The van der Waals surface area contributed by atoms with E-state index < -0.39 is 35.3 Å². The molecular formula is C38H40F6N4O6. The largest absolute Gasteiger partial charge is 0.497 e. The molecule has 0 spiro atoms. The van der Waals surface area contributed by atoms with Crippen LogP contribution in [-0.2, 0) is 17.1 Å². The van der Waals surface area contributed by atoms with Crippen molar-refractivity contribution in [2.45, 2.75) is 47.0 Å². The van der Waals surface area contributed by atoms with E-state index in [2.05, 4.69) is 19.8 Å². The molecule has 1 aliphatic heterocycles. The number of aromatic nitrogens is 3. The van der Waals surface area contributed by atoms with Crippen molar-refractivity contribution in [2.24, 2.45) is 0 Å². The number of aromatic amines is 1. The van der Waals surface area contributed by atoms with Gasteiger partial charge in [-0.3, -0.25) is 4.79 Å². The fourth-order valence-electron chi connectivity index (χ4n) is 4.34. The van der Waals surface area contributed by atoms with E-state index in [1.54, 1.807) is 55.6 Å². The van der Waals surface area contributed by atoms with E-state index >= 15 is 0 Å². The zero-order valence-corrected chi connectivity index (χ0v) is 27.9. The Morgan fingerprint density at radius 2 is 1.31 bits per heavy atom. The van der Waals surface area contributed by atoms with Gasteiger partial charge >= 0.3 is 18.3 Å². The molecule has 0 saturated carbocycles. The first-order valence-corrected chi connectivity index (χ1v) is 15.2. The molecule has 1 aliphatic rings. The molecule has 290 valence electrons. The standard InChI is InChI=1S/C16H11F3N2O2.C8H6F3NO2.C8H7NO.C4H8O.2CH4/c1-23-10-4-2-9(3-5-10)12-8-13-11(15(22)21-12)6-7-14(20-13)16(17,18)19;1-4-5(7(13)14)2-3-6(12-4)8(9,10)11;1-9-7-3-5-8(10-2)6-4-7;1-2-4-5-3-1;;/h2-8H,1H3,(H,21,22);2-3H,1H3,(H,13,14);3-6H,2H3;1-4H2;2*1H4. The minimum Gasteiger partial charge on any atom is -0.497 e. The number of halogens is 6. The first-order valence-electron chi connectivity index (χ1n) is 15.2. The number of carboxylic acid groups (broad SMARTS) is 1. The molecule has 6 rings (SSSR count). The summed E-state index contributed by atoms with van der Waals surface area (Å²) in [4.78, 5) is 35.1. The Bertz CT molecular complexity index is 2030. The molecule has 5 aromatic rings. The number of nitrogens with one attached hydrogen (secondary N) is 1. The van der Waals surface area contributed by atoms with Gasteiger partial charge in [-0.25, -0.2) is 19.6 Å². The summed E-state index contributed by atoms with van der Waals surface area (Å²) in [5.74, 6) is 0.130. The molecule has 4 heterocycles. The van der Waals surface area contributed by atoms with E-state index in [1.165, 1.54) is 32.9 Å². The maximum atomic E-state index is 12.8. The minimum absolute atomic E-state index is 0. The lowest BCUT2D eigenvalue weighted by atomic mass is 10.1. The maximum Gasteiger partial charge on any atom is 0.433 e. The van der Waals surface area contributed by atoms with E-state index in [-0.39, 0.29) is 37.0 Å². The zero-order valence-electron chi connectivity index (χ0n) is 27.9. The number of ether oxygens (including phenoxy) is 3. The summed E-state index contributed by atoms with van der Waals surface area (Å²) in [7, 11) is 3.13. The van der Waals surface area contributed by atoms with Crippen molar-refractivity contribution in [1.29, 1.82) is 0 Å². The van der Waals surface area contributed by atoms with Crippen LogP contribution in [0.4, 0.5) is 32.0 Å². The molecule has 0 amide bonds. The van der Waals surface area contributed by atoms with Crippen LogP contribution in [0.3, 0.4) is 0 Å². The second-order valence-electron chi connectivity index (χ2n) is 10.6. The van der Waals surface area contributed by atoms with E-state index in [1.807, 2.05) is 0 Å². The van der Waals surface area contributed by atoms with Crippen LogP contribution < -0.4 is 15.0 Å². The molecule has 0 bridgehead atoms. The summed E-state index contributed by atoms with van der Waals surface area (Å²) < 4.78 is 89.5. The third kappa shape index (κ3) is 13.6. The molecule has 0 unspecified atom stereocenters. The van der Waals surface area contributed by atoms with Crippen molar-refractivity contribution < 1.29 is 50.5 Å². The minimum atomic E-state index is -4.56. The smallest absolute Gasteiger partial charge is 0.433 e. The Morgan fingerprint density at radius 3 is 1.74 bits per heavy atom. The Kier molecular flexibility index (Phi) is 17.9. The van der Waals surface area contributed by atoms with Gasteiger partial charge in [-0.2, -0.15) is 26.3 Å². The molecule has 2 aromatic carbocycles.